The zero-order valence-electron chi connectivity index (χ0n) is 12.3. The number of aromatic nitrogens is 2. The molecule has 0 atom stereocenters. The first-order chi connectivity index (χ1) is 10.6. The molecule has 0 aliphatic carbocycles. The molecule has 6 nitrogen and oxygen atoms in total. The highest BCUT2D eigenvalue weighted by atomic mass is 16.4. The number of phenols is 1. The summed E-state index contributed by atoms with van der Waals surface area (Å²) >= 11 is 0. The molecule has 0 amide bonds. The zero-order valence-corrected chi connectivity index (χ0v) is 12.3. The van der Waals surface area contributed by atoms with Crippen LogP contribution in [0, 0.1) is 0 Å². The predicted octanol–water partition coefficient (Wildman–Crippen LogP) is 2.02. The minimum atomic E-state index is -0.524. The molecular formula is C16H15N3O3. The highest BCUT2D eigenvalue weighted by molar-refractivity contribution is 5.84. The van der Waals surface area contributed by atoms with Crippen molar-refractivity contribution in [3.63, 3.8) is 0 Å². The molecule has 0 radical (unpaired) electrons. The van der Waals surface area contributed by atoms with E-state index >= 15 is 0 Å². The molecule has 3 aromatic rings. The molecule has 0 aliphatic heterocycles. The Labute approximate surface area is 126 Å². The maximum Gasteiger partial charge on any atom is 0.347 e. The van der Waals surface area contributed by atoms with Gasteiger partial charge in [0.1, 0.15) is 16.9 Å². The van der Waals surface area contributed by atoms with E-state index in [0.29, 0.717) is 29.1 Å². The topological polar surface area (TPSA) is 79.5 Å². The van der Waals surface area contributed by atoms with Crippen molar-refractivity contribution in [1.29, 1.82) is 0 Å². The average Bonchev–Trinajstić information content (AvgIpc) is 2.50. The lowest BCUT2D eigenvalue weighted by atomic mass is 10.1. The van der Waals surface area contributed by atoms with Crippen LogP contribution < -0.4 is 5.63 Å². The van der Waals surface area contributed by atoms with Gasteiger partial charge >= 0.3 is 5.63 Å². The summed E-state index contributed by atoms with van der Waals surface area (Å²) in [7, 11) is 3.76. The Morgan fingerprint density at radius 2 is 1.95 bits per heavy atom. The minimum Gasteiger partial charge on any atom is -0.507 e. The van der Waals surface area contributed by atoms with E-state index in [9.17, 15) is 9.90 Å². The number of fused-ring (bicyclic) bond motifs is 1. The Morgan fingerprint density at radius 1 is 1.23 bits per heavy atom. The SMILES string of the molecule is CN(C)Cc1c(O)ccc2cc(-c3ncccn3)c(=O)oc12. The van der Waals surface area contributed by atoms with Crippen molar-refractivity contribution >= 4 is 11.0 Å². The molecule has 22 heavy (non-hydrogen) atoms. The van der Waals surface area contributed by atoms with Gasteiger partial charge < -0.3 is 14.4 Å². The number of hydrogen-bond acceptors (Lipinski definition) is 6. The summed E-state index contributed by atoms with van der Waals surface area (Å²) in [6, 6.07) is 6.67. The van der Waals surface area contributed by atoms with Gasteiger partial charge in [-0.05, 0) is 38.4 Å². The van der Waals surface area contributed by atoms with Gasteiger partial charge in [0.05, 0.1) is 5.56 Å². The molecule has 2 aromatic heterocycles. The van der Waals surface area contributed by atoms with Crippen LogP contribution in [0.2, 0.25) is 0 Å². The largest absolute Gasteiger partial charge is 0.507 e. The van der Waals surface area contributed by atoms with Gasteiger partial charge in [-0.2, -0.15) is 0 Å². The molecule has 0 bridgehead atoms. The van der Waals surface area contributed by atoms with Crippen LogP contribution in [0.25, 0.3) is 22.4 Å². The van der Waals surface area contributed by atoms with E-state index in [-0.39, 0.29) is 5.75 Å². The molecule has 0 fully saturated rings. The quantitative estimate of drug-likeness (QED) is 0.745. The summed E-state index contributed by atoms with van der Waals surface area (Å²) in [5, 5.41) is 10.7. The highest BCUT2D eigenvalue weighted by Gasteiger charge is 2.15. The standard InChI is InChI=1S/C16H15N3O3/c1-19(2)9-12-13(20)5-4-10-8-11(16(21)22-14(10)12)15-17-6-3-7-18-15/h3-8,20H,9H2,1-2H3. The summed E-state index contributed by atoms with van der Waals surface area (Å²) in [5.41, 5.74) is 0.748. The van der Waals surface area contributed by atoms with Crippen molar-refractivity contribution in [3.8, 4) is 17.1 Å². The van der Waals surface area contributed by atoms with Crippen molar-refractivity contribution < 1.29 is 9.52 Å². The number of rotatable bonds is 3. The molecule has 0 spiro atoms. The Morgan fingerprint density at radius 3 is 2.64 bits per heavy atom. The normalized spacial score (nSPS) is 11.2. The molecule has 0 unspecified atom stereocenters. The van der Waals surface area contributed by atoms with Gasteiger partial charge in [0.25, 0.3) is 0 Å². The van der Waals surface area contributed by atoms with Crippen LogP contribution in [0.15, 0.2) is 45.9 Å². The first-order valence-corrected chi connectivity index (χ1v) is 6.77. The fourth-order valence-electron chi connectivity index (χ4n) is 2.29. The van der Waals surface area contributed by atoms with Gasteiger partial charge in [-0.15, -0.1) is 0 Å². The monoisotopic (exact) mass is 297 g/mol. The molecule has 3 rings (SSSR count). The van der Waals surface area contributed by atoms with Gasteiger partial charge in [0.2, 0.25) is 0 Å². The zero-order chi connectivity index (χ0) is 15.7. The second-order valence-corrected chi connectivity index (χ2v) is 5.24. The maximum atomic E-state index is 12.2. The third kappa shape index (κ3) is 2.56. The smallest absolute Gasteiger partial charge is 0.347 e. The lowest BCUT2D eigenvalue weighted by Crippen LogP contribution is -2.12. The summed E-state index contributed by atoms with van der Waals surface area (Å²) < 4.78 is 5.44. The van der Waals surface area contributed by atoms with Gasteiger partial charge in [-0.25, -0.2) is 14.8 Å². The van der Waals surface area contributed by atoms with Crippen LogP contribution in [-0.4, -0.2) is 34.1 Å². The van der Waals surface area contributed by atoms with Gasteiger partial charge in [0, 0.05) is 24.3 Å². The molecule has 2 heterocycles. The van der Waals surface area contributed by atoms with Crippen LogP contribution in [0.1, 0.15) is 5.56 Å². The molecule has 0 saturated heterocycles. The van der Waals surface area contributed by atoms with Crippen molar-refractivity contribution in [2.75, 3.05) is 14.1 Å². The molecule has 0 saturated carbocycles. The van der Waals surface area contributed by atoms with Crippen LogP contribution in [0.3, 0.4) is 0 Å². The molecule has 6 heteroatoms. The molecule has 112 valence electrons. The van der Waals surface area contributed by atoms with Crippen LogP contribution >= 0.6 is 0 Å². The third-order valence-electron chi connectivity index (χ3n) is 3.26. The number of hydrogen-bond donors (Lipinski definition) is 1. The second kappa shape index (κ2) is 5.57. The maximum absolute atomic E-state index is 12.2. The second-order valence-electron chi connectivity index (χ2n) is 5.24. The lowest BCUT2D eigenvalue weighted by molar-refractivity contribution is 0.383. The summed E-state index contributed by atoms with van der Waals surface area (Å²) in [4.78, 5) is 22.3. The van der Waals surface area contributed by atoms with Crippen molar-refractivity contribution in [3.05, 3.63) is 52.6 Å². The predicted molar refractivity (Wildman–Crippen MR) is 82.6 cm³/mol. The van der Waals surface area contributed by atoms with E-state index < -0.39 is 5.63 Å². The molecular weight excluding hydrogens is 282 g/mol. The fraction of sp³-hybridized carbons (Fsp3) is 0.188. The van der Waals surface area contributed by atoms with E-state index in [0.717, 1.165) is 5.39 Å². The van der Waals surface area contributed by atoms with Crippen molar-refractivity contribution in [2.45, 2.75) is 6.54 Å². The van der Waals surface area contributed by atoms with Gasteiger partial charge in [-0.1, -0.05) is 0 Å². The number of nitrogens with zero attached hydrogens (tertiary/aromatic N) is 3. The van der Waals surface area contributed by atoms with Gasteiger partial charge in [0.15, 0.2) is 5.82 Å². The average molecular weight is 297 g/mol. The van der Waals surface area contributed by atoms with Crippen LogP contribution in [0.4, 0.5) is 0 Å². The van der Waals surface area contributed by atoms with Crippen molar-refractivity contribution in [2.24, 2.45) is 0 Å². The van der Waals surface area contributed by atoms with Crippen LogP contribution in [-0.2, 0) is 6.54 Å². The van der Waals surface area contributed by atoms with E-state index in [4.69, 9.17) is 4.42 Å². The summed E-state index contributed by atoms with van der Waals surface area (Å²) in [6.45, 7) is 0.466. The molecule has 0 aliphatic rings. The minimum absolute atomic E-state index is 0.105. The molecule has 1 N–H and O–H groups in total. The number of benzene rings is 1. The lowest BCUT2D eigenvalue weighted by Gasteiger charge is -2.13. The summed E-state index contributed by atoms with van der Waals surface area (Å²) in [6.07, 6.45) is 3.14. The van der Waals surface area contributed by atoms with E-state index in [2.05, 4.69) is 9.97 Å². The van der Waals surface area contributed by atoms with E-state index in [1.165, 1.54) is 0 Å². The Kier molecular flexibility index (Phi) is 3.60. The third-order valence-corrected chi connectivity index (χ3v) is 3.26. The van der Waals surface area contributed by atoms with Gasteiger partial charge in [-0.3, -0.25) is 0 Å². The first kappa shape index (κ1) is 14.2. The summed E-state index contributed by atoms with van der Waals surface area (Å²) in [5.74, 6) is 0.424. The Bertz CT molecular complexity index is 873. The number of phenolic OH excluding ortho intramolecular Hbond substituents is 1. The fourth-order valence-corrected chi connectivity index (χ4v) is 2.29. The Hall–Kier alpha value is -2.73. The highest BCUT2D eigenvalue weighted by Crippen LogP contribution is 2.28. The molecule has 1 aromatic carbocycles. The van der Waals surface area contributed by atoms with Crippen molar-refractivity contribution in [1.82, 2.24) is 14.9 Å². The number of aromatic hydroxyl groups is 1. The van der Waals surface area contributed by atoms with E-state index in [1.54, 1.807) is 36.7 Å². The Balaban J connectivity index is 2.24. The van der Waals surface area contributed by atoms with Crippen LogP contribution in [0.5, 0.6) is 5.75 Å². The van der Waals surface area contributed by atoms with E-state index in [1.807, 2.05) is 19.0 Å². The first-order valence-electron chi connectivity index (χ1n) is 6.77.